The predicted octanol–water partition coefficient (Wildman–Crippen LogP) is 3.49. The summed E-state index contributed by atoms with van der Waals surface area (Å²) in [4.78, 5) is 23.7. The molecule has 0 aromatic heterocycles. The Morgan fingerprint density at radius 2 is 1.59 bits per heavy atom. The number of benzene rings is 3. The average molecular weight is 391 g/mol. The fraction of sp³-hybridized carbons (Fsp3) is 0.0455. The maximum absolute atomic E-state index is 12.9. The van der Waals surface area contributed by atoms with Gasteiger partial charge in [0.1, 0.15) is 18.2 Å². The van der Waals surface area contributed by atoms with E-state index in [9.17, 15) is 14.0 Å². The van der Waals surface area contributed by atoms with Crippen LogP contribution in [0.25, 0.3) is 0 Å². The monoisotopic (exact) mass is 391 g/mol. The topological polar surface area (TPSA) is 79.8 Å². The van der Waals surface area contributed by atoms with Crippen LogP contribution in [0, 0.1) is 5.82 Å². The second-order valence-corrected chi connectivity index (χ2v) is 5.97. The van der Waals surface area contributed by atoms with Gasteiger partial charge in [-0.05, 0) is 42.0 Å². The standard InChI is InChI=1S/C22H18FN3O3/c23-18-10-12-19(13-11-18)25-21(27)22(28)26-24-14-17-8-4-5-9-20(17)29-15-16-6-2-1-3-7-16/h1-14H,15H2,(H,25,27)(H,26,28)/b24-14-. The predicted molar refractivity (Wildman–Crippen MR) is 108 cm³/mol. The molecule has 3 rings (SSSR count). The Kier molecular flexibility index (Phi) is 6.67. The molecular weight excluding hydrogens is 373 g/mol. The maximum atomic E-state index is 12.9. The fourth-order valence-electron chi connectivity index (χ4n) is 2.39. The number of hydrogen-bond acceptors (Lipinski definition) is 4. The fourth-order valence-corrected chi connectivity index (χ4v) is 2.39. The van der Waals surface area contributed by atoms with Gasteiger partial charge >= 0.3 is 11.8 Å². The Balaban J connectivity index is 1.56. The molecule has 29 heavy (non-hydrogen) atoms. The van der Waals surface area contributed by atoms with E-state index in [2.05, 4.69) is 15.8 Å². The third-order valence-corrected chi connectivity index (χ3v) is 3.83. The van der Waals surface area contributed by atoms with Crippen LogP contribution in [0.3, 0.4) is 0 Å². The van der Waals surface area contributed by atoms with E-state index in [1.54, 1.807) is 18.2 Å². The van der Waals surface area contributed by atoms with E-state index >= 15 is 0 Å². The van der Waals surface area contributed by atoms with Gasteiger partial charge in [-0.15, -0.1) is 0 Å². The lowest BCUT2D eigenvalue weighted by molar-refractivity contribution is -0.136. The van der Waals surface area contributed by atoms with Crippen molar-refractivity contribution >= 4 is 23.7 Å². The number of anilines is 1. The highest BCUT2D eigenvalue weighted by Gasteiger charge is 2.13. The molecule has 7 heteroatoms. The number of hydrogen-bond donors (Lipinski definition) is 2. The molecule has 0 unspecified atom stereocenters. The molecule has 0 fully saturated rings. The van der Waals surface area contributed by atoms with Crippen molar-refractivity contribution in [2.75, 3.05) is 5.32 Å². The highest BCUT2D eigenvalue weighted by atomic mass is 19.1. The zero-order chi connectivity index (χ0) is 20.5. The molecule has 0 heterocycles. The quantitative estimate of drug-likeness (QED) is 0.383. The molecule has 0 bridgehead atoms. The Hall–Kier alpha value is -4.00. The maximum Gasteiger partial charge on any atom is 0.329 e. The van der Waals surface area contributed by atoms with E-state index < -0.39 is 17.6 Å². The van der Waals surface area contributed by atoms with Gasteiger partial charge in [0.2, 0.25) is 0 Å². The van der Waals surface area contributed by atoms with Gasteiger partial charge in [0.25, 0.3) is 0 Å². The summed E-state index contributed by atoms with van der Waals surface area (Å²) in [5.74, 6) is -1.72. The van der Waals surface area contributed by atoms with Crippen LogP contribution in [0.2, 0.25) is 0 Å². The van der Waals surface area contributed by atoms with Crippen LogP contribution in [0.1, 0.15) is 11.1 Å². The molecule has 0 saturated heterocycles. The summed E-state index contributed by atoms with van der Waals surface area (Å²) in [6, 6.07) is 21.9. The molecule has 6 nitrogen and oxygen atoms in total. The van der Waals surface area contributed by atoms with Gasteiger partial charge in [-0.3, -0.25) is 9.59 Å². The molecule has 2 N–H and O–H groups in total. The summed E-state index contributed by atoms with van der Waals surface area (Å²) in [5.41, 5.74) is 4.11. The third kappa shape index (κ3) is 6.00. The number of amides is 2. The van der Waals surface area contributed by atoms with E-state index in [1.807, 2.05) is 36.4 Å². The summed E-state index contributed by atoms with van der Waals surface area (Å²) in [7, 11) is 0. The SMILES string of the molecule is O=C(N/N=C\c1ccccc1OCc1ccccc1)C(=O)Nc1ccc(F)cc1. The minimum absolute atomic E-state index is 0.301. The van der Waals surface area contributed by atoms with E-state index in [0.29, 0.717) is 23.6 Å². The first kappa shape index (κ1) is 19.8. The van der Waals surface area contributed by atoms with Crippen molar-refractivity contribution in [1.82, 2.24) is 5.43 Å². The van der Waals surface area contributed by atoms with E-state index in [0.717, 1.165) is 5.56 Å². The lowest BCUT2D eigenvalue weighted by Crippen LogP contribution is -2.32. The summed E-state index contributed by atoms with van der Waals surface area (Å²) in [6.07, 6.45) is 1.39. The normalized spacial score (nSPS) is 10.5. The Morgan fingerprint density at radius 3 is 2.34 bits per heavy atom. The second-order valence-electron chi connectivity index (χ2n) is 5.97. The number of carbonyl (C=O) groups excluding carboxylic acids is 2. The van der Waals surface area contributed by atoms with Crippen molar-refractivity contribution in [3.63, 3.8) is 0 Å². The number of para-hydroxylation sites is 1. The number of nitrogens with one attached hydrogen (secondary N) is 2. The van der Waals surface area contributed by atoms with Gasteiger partial charge < -0.3 is 10.1 Å². The highest BCUT2D eigenvalue weighted by molar-refractivity contribution is 6.39. The number of hydrazone groups is 1. The van der Waals surface area contributed by atoms with Crippen LogP contribution in [0.5, 0.6) is 5.75 Å². The van der Waals surface area contributed by atoms with Crippen LogP contribution in [-0.2, 0) is 16.2 Å². The lowest BCUT2D eigenvalue weighted by atomic mass is 10.2. The van der Waals surface area contributed by atoms with Crippen molar-refractivity contribution < 1.29 is 18.7 Å². The van der Waals surface area contributed by atoms with E-state index in [-0.39, 0.29) is 0 Å². The molecule has 0 spiro atoms. The molecule has 0 atom stereocenters. The molecule has 0 radical (unpaired) electrons. The molecule has 2 amide bonds. The molecule has 0 saturated carbocycles. The summed E-state index contributed by atoms with van der Waals surface area (Å²) >= 11 is 0. The molecule has 3 aromatic carbocycles. The van der Waals surface area contributed by atoms with Crippen molar-refractivity contribution in [3.05, 3.63) is 95.8 Å². The van der Waals surface area contributed by atoms with Crippen molar-refractivity contribution in [2.24, 2.45) is 5.10 Å². The molecule has 0 aliphatic heterocycles. The van der Waals surface area contributed by atoms with Gasteiger partial charge in [-0.25, -0.2) is 9.82 Å². The van der Waals surface area contributed by atoms with Gasteiger partial charge in [0, 0.05) is 11.3 Å². The van der Waals surface area contributed by atoms with Crippen LogP contribution < -0.4 is 15.5 Å². The van der Waals surface area contributed by atoms with Crippen LogP contribution in [-0.4, -0.2) is 18.0 Å². The Labute approximate surface area is 167 Å². The Morgan fingerprint density at radius 1 is 0.897 bits per heavy atom. The van der Waals surface area contributed by atoms with Crippen LogP contribution in [0.4, 0.5) is 10.1 Å². The zero-order valence-corrected chi connectivity index (χ0v) is 15.3. The number of halogens is 1. The van der Waals surface area contributed by atoms with Crippen molar-refractivity contribution in [2.45, 2.75) is 6.61 Å². The largest absolute Gasteiger partial charge is 0.488 e. The number of nitrogens with zero attached hydrogens (tertiary/aromatic N) is 1. The van der Waals surface area contributed by atoms with E-state index in [4.69, 9.17) is 4.74 Å². The molecule has 3 aromatic rings. The van der Waals surface area contributed by atoms with Gasteiger partial charge in [-0.2, -0.15) is 5.10 Å². The smallest absolute Gasteiger partial charge is 0.329 e. The molecule has 146 valence electrons. The minimum Gasteiger partial charge on any atom is -0.488 e. The Bertz CT molecular complexity index is 1010. The minimum atomic E-state index is -0.951. The lowest BCUT2D eigenvalue weighted by Gasteiger charge is -2.09. The van der Waals surface area contributed by atoms with E-state index in [1.165, 1.54) is 30.5 Å². The highest BCUT2D eigenvalue weighted by Crippen LogP contribution is 2.17. The number of ether oxygens (including phenoxy) is 1. The van der Waals surface area contributed by atoms with Gasteiger partial charge in [-0.1, -0.05) is 42.5 Å². The summed E-state index contributed by atoms with van der Waals surface area (Å²) in [5, 5.41) is 6.16. The summed E-state index contributed by atoms with van der Waals surface area (Å²) in [6.45, 7) is 0.387. The second kappa shape index (κ2) is 9.80. The average Bonchev–Trinajstić information content (AvgIpc) is 2.75. The van der Waals surface area contributed by atoms with Crippen molar-refractivity contribution in [1.29, 1.82) is 0 Å². The third-order valence-electron chi connectivity index (χ3n) is 3.83. The van der Waals surface area contributed by atoms with Crippen molar-refractivity contribution in [3.8, 4) is 5.75 Å². The first-order valence-corrected chi connectivity index (χ1v) is 8.77. The van der Waals surface area contributed by atoms with Gasteiger partial charge in [0.05, 0.1) is 6.21 Å². The molecule has 0 aliphatic rings. The number of rotatable bonds is 6. The summed E-state index contributed by atoms with van der Waals surface area (Å²) < 4.78 is 18.7. The molecular formula is C22H18FN3O3. The first-order valence-electron chi connectivity index (χ1n) is 8.77. The van der Waals surface area contributed by atoms with Crippen LogP contribution in [0.15, 0.2) is 84.0 Å². The molecule has 0 aliphatic carbocycles. The first-order chi connectivity index (χ1) is 14.1. The van der Waals surface area contributed by atoms with Crippen LogP contribution >= 0.6 is 0 Å². The zero-order valence-electron chi connectivity index (χ0n) is 15.3. The van der Waals surface area contributed by atoms with Gasteiger partial charge in [0.15, 0.2) is 0 Å². The number of carbonyl (C=O) groups is 2.